The van der Waals surface area contributed by atoms with Crippen molar-refractivity contribution in [1.82, 2.24) is 10.3 Å². The first-order valence-electron chi connectivity index (χ1n) is 8.01. The maximum absolute atomic E-state index is 12.6. The minimum absolute atomic E-state index is 0.0601. The summed E-state index contributed by atoms with van der Waals surface area (Å²) in [7, 11) is 1.53. The molecule has 1 aliphatic carbocycles. The van der Waals surface area contributed by atoms with Gasteiger partial charge in [0, 0.05) is 12.3 Å². The van der Waals surface area contributed by atoms with Crippen LogP contribution in [0.2, 0.25) is 0 Å². The topological polar surface area (TPSA) is 77.5 Å². The van der Waals surface area contributed by atoms with E-state index in [9.17, 15) is 9.59 Å². The molecule has 6 nitrogen and oxygen atoms in total. The van der Waals surface area contributed by atoms with Crippen LogP contribution in [0.4, 0.5) is 0 Å². The van der Waals surface area contributed by atoms with Crippen molar-refractivity contribution in [1.29, 1.82) is 0 Å². The van der Waals surface area contributed by atoms with Gasteiger partial charge in [0.25, 0.3) is 0 Å². The molecule has 130 valence electrons. The molecular formula is C18H24N2O4. The summed E-state index contributed by atoms with van der Waals surface area (Å²) in [6.07, 6.45) is 3.01. The molecular weight excluding hydrogens is 308 g/mol. The number of esters is 1. The van der Waals surface area contributed by atoms with Crippen LogP contribution in [-0.4, -0.2) is 30.6 Å². The van der Waals surface area contributed by atoms with Crippen molar-refractivity contribution in [3.63, 3.8) is 0 Å². The van der Waals surface area contributed by atoms with Gasteiger partial charge in [-0.2, -0.15) is 0 Å². The van der Waals surface area contributed by atoms with Crippen LogP contribution < -0.4 is 10.1 Å². The first-order valence-corrected chi connectivity index (χ1v) is 8.01. The van der Waals surface area contributed by atoms with Crippen LogP contribution in [0.3, 0.4) is 0 Å². The quantitative estimate of drug-likeness (QED) is 0.613. The number of aromatic nitrogens is 1. The highest BCUT2D eigenvalue weighted by atomic mass is 16.5. The van der Waals surface area contributed by atoms with E-state index in [2.05, 4.69) is 16.9 Å². The molecule has 1 N–H and O–H groups in total. The van der Waals surface area contributed by atoms with E-state index in [4.69, 9.17) is 9.47 Å². The Balaban J connectivity index is 2.13. The highest BCUT2D eigenvalue weighted by molar-refractivity contribution is 5.85. The zero-order chi connectivity index (χ0) is 17.7. The number of hydrogen-bond acceptors (Lipinski definition) is 5. The Hall–Kier alpha value is -2.37. The molecule has 1 heterocycles. The van der Waals surface area contributed by atoms with Gasteiger partial charge in [-0.05, 0) is 25.3 Å². The van der Waals surface area contributed by atoms with Crippen molar-refractivity contribution < 1.29 is 19.1 Å². The van der Waals surface area contributed by atoms with Gasteiger partial charge >= 0.3 is 5.97 Å². The SMILES string of the molecule is C=C1CC(C)(C(=O)N[C@@H](CC(=O)OCC)c2ccc(OC)nc2)C1. The zero-order valence-corrected chi connectivity index (χ0v) is 14.4. The summed E-state index contributed by atoms with van der Waals surface area (Å²) in [6.45, 7) is 7.85. The fourth-order valence-corrected chi connectivity index (χ4v) is 2.90. The Bertz CT molecular complexity index is 616. The van der Waals surface area contributed by atoms with Crippen molar-refractivity contribution in [3.8, 4) is 5.88 Å². The monoisotopic (exact) mass is 332 g/mol. The molecule has 0 saturated heterocycles. The lowest BCUT2D eigenvalue weighted by atomic mass is 9.67. The van der Waals surface area contributed by atoms with Gasteiger partial charge in [-0.1, -0.05) is 25.1 Å². The van der Waals surface area contributed by atoms with Gasteiger partial charge in [-0.25, -0.2) is 4.98 Å². The van der Waals surface area contributed by atoms with Gasteiger partial charge < -0.3 is 14.8 Å². The van der Waals surface area contributed by atoms with Crippen LogP contribution in [0, 0.1) is 5.41 Å². The fraction of sp³-hybridized carbons (Fsp3) is 0.500. The van der Waals surface area contributed by atoms with Gasteiger partial charge in [0.1, 0.15) is 0 Å². The van der Waals surface area contributed by atoms with Crippen molar-refractivity contribution in [3.05, 3.63) is 36.0 Å². The summed E-state index contributed by atoms with van der Waals surface area (Å²) < 4.78 is 10.1. The highest BCUT2D eigenvalue weighted by Crippen LogP contribution is 2.44. The Labute approximate surface area is 142 Å². The molecule has 1 aromatic rings. The van der Waals surface area contributed by atoms with Gasteiger partial charge in [0.05, 0.1) is 31.6 Å². The predicted octanol–water partition coefficient (Wildman–Crippen LogP) is 2.56. The van der Waals surface area contributed by atoms with E-state index in [1.807, 2.05) is 6.92 Å². The van der Waals surface area contributed by atoms with Crippen molar-refractivity contribution in [2.45, 2.75) is 39.2 Å². The summed E-state index contributed by atoms with van der Waals surface area (Å²) >= 11 is 0. The number of carbonyl (C=O) groups is 2. The lowest BCUT2D eigenvalue weighted by Crippen LogP contribution is -2.46. The molecule has 1 aromatic heterocycles. The third-order valence-corrected chi connectivity index (χ3v) is 4.18. The average Bonchev–Trinajstić information content (AvgIpc) is 2.53. The Morgan fingerprint density at radius 1 is 1.42 bits per heavy atom. The summed E-state index contributed by atoms with van der Waals surface area (Å²) in [5.74, 6) is 0.0315. The number of carbonyl (C=O) groups excluding carboxylic acids is 2. The van der Waals surface area contributed by atoms with Crippen LogP contribution >= 0.6 is 0 Å². The average molecular weight is 332 g/mol. The molecule has 1 fully saturated rings. The fourth-order valence-electron chi connectivity index (χ4n) is 2.90. The smallest absolute Gasteiger partial charge is 0.308 e. The van der Waals surface area contributed by atoms with E-state index >= 15 is 0 Å². The molecule has 0 aromatic carbocycles. The molecule has 0 spiro atoms. The Morgan fingerprint density at radius 2 is 2.12 bits per heavy atom. The number of rotatable bonds is 7. The van der Waals surface area contributed by atoms with Gasteiger partial charge in [0.2, 0.25) is 11.8 Å². The number of nitrogens with zero attached hydrogens (tertiary/aromatic N) is 1. The van der Waals surface area contributed by atoms with Crippen LogP contribution in [0.5, 0.6) is 5.88 Å². The largest absolute Gasteiger partial charge is 0.481 e. The Morgan fingerprint density at radius 3 is 2.62 bits per heavy atom. The van der Waals surface area contributed by atoms with E-state index < -0.39 is 11.5 Å². The predicted molar refractivity (Wildman–Crippen MR) is 89.4 cm³/mol. The highest BCUT2D eigenvalue weighted by Gasteiger charge is 2.42. The molecule has 1 amide bonds. The maximum atomic E-state index is 12.6. The molecule has 1 aliphatic rings. The third kappa shape index (κ3) is 4.13. The van der Waals surface area contributed by atoms with Gasteiger partial charge in [-0.3, -0.25) is 9.59 Å². The van der Waals surface area contributed by atoms with Crippen molar-refractivity contribution in [2.75, 3.05) is 13.7 Å². The lowest BCUT2D eigenvalue weighted by molar-refractivity contribution is -0.144. The number of pyridine rings is 1. The number of amides is 1. The summed E-state index contributed by atoms with van der Waals surface area (Å²) in [4.78, 5) is 28.6. The molecule has 0 unspecified atom stereocenters. The number of hydrogen-bond donors (Lipinski definition) is 1. The summed E-state index contributed by atoms with van der Waals surface area (Å²) in [5, 5.41) is 2.96. The van der Waals surface area contributed by atoms with E-state index in [-0.39, 0.29) is 18.3 Å². The van der Waals surface area contributed by atoms with Crippen LogP contribution in [-0.2, 0) is 14.3 Å². The molecule has 0 bridgehead atoms. The molecule has 0 aliphatic heterocycles. The minimum Gasteiger partial charge on any atom is -0.481 e. The molecule has 1 atom stereocenters. The Kier molecular flexibility index (Phi) is 5.59. The number of nitrogens with one attached hydrogen (secondary N) is 1. The van der Waals surface area contributed by atoms with E-state index in [1.54, 1.807) is 25.3 Å². The molecule has 0 radical (unpaired) electrons. The number of methoxy groups -OCH3 is 1. The number of allylic oxidation sites excluding steroid dienone is 1. The van der Waals surface area contributed by atoms with E-state index in [0.717, 1.165) is 11.1 Å². The second kappa shape index (κ2) is 7.47. The molecule has 24 heavy (non-hydrogen) atoms. The maximum Gasteiger partial charge on any atom is 0.308 e. The standard InChI is InChI=1S/C18H24N2O4/c1-5-24-16(21)8-14(13-6-7-15(23-4)19-11-13)20-17(22)18(3)9-12(2)10-18/h6-7,11,14H,2,5,8-10H2,1,3-4H3,(H,20,22)/t14-/m0/s1. The van der Waals surface area contributed by atoms with E-state index in [0.29, 0.717) is 25.3 Å². The first kappa shape index (κ1) is 18.0. The first-order chi connectivity index (χ1) is 11.4. The normalized spacial score (nSPS) is 16.7. The molecule has 2 rings (SSSR count). The number of ether oxygens (including phenoxy) is 2. The summed E-state index contributed by atoms with van der Waals surface area (Å²) in [5.41, 5.74) is 1.35. The molecule has 1 saturated carbocycles. The van der Waals surface area contributed by atoms with Gasteiger partial charge in [0.15, 0.2) is 0 Å². The zero-order valence-electron chi connectivity index (χ0n) is 14.4. The van der Waals surface area contributed by atoms with Crippen molar-refractivity contribution in [2.24, 2.45) is 5.41 Å². The third-order valence-electron chi connectivity index (χ3n) is 4.18. The lowest BCUT2D eigenvalue weighted by Gasteiger charge is -2.39. The van der Waals surface area contributed by atoms with Crippen LogP contribution in [0.15, 0.2) is 30.5 Å². The van der Waals surface area contributed by atoms with E-state index in [1.165, 1.54) is 7.11 Å². The van der Waals surface area contributed by atoms with Crippen molar-refractivity contribution >= 4 is 11.9 Å². The van der Waals surface area contributed by atoms with Gasteiger partial charge in [-0.15, -0.1) is 0 Å². The minimum atomic E-state index is -0.486. The molecule has 6 heteroatoms. The summed E-state index contributed by atoms with van der Waals surface area (Å²) in [6, 6.07) is 3.01. The second-order valence-corrected chi connectivity index (χ2v) is 6.33. The second-order valence-electron chi connectivity index (χ2n) is 6.33. The van der Waals surface area contributed by atoms with Crippen LogP contribution in [0.1, 0.15) is 44.7 Å². The van der Waals surface area contributed by atoms with Crippen LogP contribution in [0.25, 0.3) is 0 Å².